The van der Waals surface area contributed by atoms with Gasteiger partial charge in [0.15, 0.2) is 0 Å². The first-order valence-electron chi connectivity index (χ1n) is 5.56. The summed E-state index contributed by atoms with van der Waals surface area (Å²) in [5, 5.41) is 2.85. The number of hydrogen-bond donors (Lipinski definition) is 2. The van der Waals surface area contributed by atoms with E-state index in [9.17, 15) is 4.79 Å². The van der Waals surface area contributed by atoms with Gasteiger partial charge < -0.3 is 15.8 Å². The van der Waals surface area contributed by atoms with E-state index in [1.165, 1.54) is 11.3 Å². The maximum absolute atomic E-state index is 11.8. The quantitative estimate of drug-likeness (QED) is 0.875. The Bertz CT molecular complexity index is 397. The minimum Gasteiger partial charge on any atom is -0.364 e. The lowest BCUT2D eigenvalue weighted by Gasteiger charge is -2.12. The van der Waals surface area contributed by atoms with Gasteiger partial charge in [-0.05, 0) is 25.0 Å². The van der Waals surface area contributed by atoms with E-state index < -0.39 is 0 Å². The van der Waals surface area contributed by atoms with E-state index in [1.54, 1.807) is 0 Å². The second kappa shape index (κ2) is 5.82. The molecule has 0 aromatic carbocycles. The van der Waals surface area contributed by atoms with Crippen LogP contribution in [0.5, 0.6) is 0 Å². The van der Waals surface area contributed by atoms with Gasteiger partial charge in [0, 0.05) is 11.4 Å². The molecule has 0 aliphatic carbocycles. The van der Waals surface area contributed by atoms with Gasteiger partial charge in [0.2, 0.25) is 5.91 Å². The fourth-order valence-electron chi connectivity index (χ4n) is 1.81. The number of halogens is 1. The van der Waals surface area contributed by atoms with Crippen LogP contribution in [0.3, 0.4) is 0 Å². The van der Waals surface area contributed by atoms with E-state index in [0.717, 1.165) is 22.1 Å². The van der Waals surface area contributed by atoms with Crippen LogP contribution in [0.15, 0.2) is 12.1 Å². The highest BCUT2D eigenvalue weighted by Crippen LogP contribution is 2.22. The number of nitrogens with two attached hydrogens (primary N) is 1. The monoisotopic (exact) mass is 274 g/mol. The second-order valence-corrected chi connectivity index (χ2v) is 5.78. The van der Waals surface area contributed by atoms with Crippen molar-refractivity contribution >= 4 is 28.8 Å². The Hall–Kier alpha value is -0.620. The minimum absolute atomic E-state index is 0.0296. The fourth-order valence-corrected chi connectivity index (χ4v) is 2.83. The molecule has 0 unspecified atom stereocenters. The van der Waals surface area contributed by atoms with Gasteiger partial charge in [0.25, 0.3) is 0 Å². The first-order chi connectivity index (χ1) is 8.19. The number of ether oxygens (including phenoxy) is 1. The standard InChI is InChI=1S/C11H15ClN2O2S/c12-10-4-2-8(17-10)6-14-11(15)9-3-1-7(5-13)16-9/h2,4,7,9H,1,3,5-6,13H2,(H,14,15)/t7-,9+/m1/s1. The van der Waals surface area contributed by atoms with Gasteiger partial charge >= 0.3 is 0 Å². The molecular formula is C11H15ClN2O2S. The van der Waals surface area contributed by atoms with Crippen molar-refractivity contribution in [3.05, 3.63) is 21.3 Å². The summed E-state index contributed by atoms with van der Waals surface area (Å²) in [5.41, 5.74) is 5.49. The van der Waals surface area contributed by atoms with Crippen LogP contribution in [-0.2, 0) is 16.1 Å². The molecule has 2 atom stereocenters. The Balaban J connectivity index is 1.78. The van der Waals surface area contributed by atoms with Gasteiger partial charge in [-0.1, -0.05) is 11.6 Å². The smallest absolute Gasteiger partial charge is 0.249 e. The number of thiophene rings is 1. The summed E-state index contributed by atoms with van der Waals surface area (Å²) in [6.07, 6.45) is 1.29. The molecule has 0 saturated carbocycles. The predicted octanol–water partition coefficient (Wildman–Crippen LogP) is 1.52. The zero-order valence-corrected chi connectivity index (χ0v) is 10.9. The Morgan fingerprint density at radius 2 is 2.41 bits per heavy atom. The van der Waals surface area contributed by atoms with Crippen molar-refractivity contribution in [2.75, 3.05) is 6.54 Å². The molecule has 1 fully saturated rings. The van der Waals surface area contributed by atoms with E-state index in [2.05, 4.69) is 5.32 Å². The number of carbonyl (C=O) groups is 1. The summed E-state index contributed by atoms with van der Waals surface area (Å²) < 4.78 is 6.24. The van der Waals surface area contributed by atoms with Gasteiger partial charge in [-0.2, -0.15) is 0 Å². The Labute approximate surface area is 109 Å². The van der Waals surface area contributed by atoms with E-state index >= 15 is 0 Å². The number of rotatable bonds is 4. The van der Waals surface area contributed by atoms with Gasteiger partial charge in [-0.3, -0.25) is 4.79 Å². The molecule has 1 aromatic heterocycles. The summed E-state index contributed by atoms with van der Waals surface area (Å²) in [6, 6.07) is 3.73. The number of amides is 1. The molecular weight excluding hydrogens is 260 g/mol. The van der Waals surface area contributed by atoms with Gasteiger partial charge in [-0.15, -0.1) is 11.3 Å². The topological polar surface area (TPSA) is 64.4 Å². The molecule has 0 bridgehead atoms. The third kappa shape index (κ3) is 3.42. The summed E-state index contributed by atoms with van der Waals surface area (Å²) in [6.45, 7) is 0.980. The van der Waals surface area contributed by atoms with Crippen LogP contribution in [0.2, 0.25) is 4.34 Å². The van der Waals surface area contributed by atoms with Crippen LogP contribution in [0.25, 0.3) is 0 Å². The normalized spacial score (nSPS) is 23.9. The van der Waals surface area contributed by atoms with Crippen LogP contribution < -0.4 is 11.1 Å². The average molecular weight is 275 g/mol. The Morgan fingerprint density at radius 1 is 1.59 bits per heavy atom. The highest BCUT2D eigenvalue weighted by molar-refractivity contribution is 7.16. The summed E-state index contributed by atoms with van der Waals surface area (Å²) in [7, 11) is 0. The van der Waals surface area contributed by atoms with Crippen LogP contribution in [0, 0.1) is 0 Å². The molecule has 1 aromatic rings. The van der Waals surface area contributed by atoms with E-state index in [4.69, 9.17) is 22.1 Å². The lowest BCUT2D eigenvalue weighted by atomic mass is 10.2. The first kappa shape index (κ1) is 12.8. The highest BCUT2D eigenvalue weighted by atomic mass is 35.5. The molecule has 1 aliphatic rings. The summed E-state index contributed by atoms with van der Waals surface area (Å²) >= 11 is 7.28. The molecule has 1 aliphatic heterocycles. The highest BCUT2D eigenvalue weighted by Gasteiger charge is 2.29. The molecule has 1 amide bonds. The van der Waals surface area contributed by atoms with E-state index in [0.29, 0.717) is 13.1 Å². The number of carbonyl (C=O) groups excluding carboxylic acids is 1. The van der Waals surface area contributed by atoms with E-state index in [1.807, 2.05) is 12.1 Å². The molecule has 0 spiro atoms. The summed E-state index contributed by atoms with van der Waals surface area (Å²) in [4.78, 5) is 12.8. The number of hydrogen-bond acceptors (Lipinski definition) is 4. The molecule has 94 valence electrons. The lowest BCUT2D eigenvalue weighted by molar-refractivity contribution is -0.132. The molecule has 3 N–H and O–H groups in total. The third-order valence-electron chi connectivity index (χ3n) is 2.73. The lowest BCUT2D eigenvalue weighted by Crippen LogP contribution is -2.34. The van der Waals surface area contributed by atoms with Crippen molar-refractivity contribution < 1.29 is 9.53 Å². The third-order valence-corrected chi connectivity index (χ3v) is 3.96. The zero-order chi connectivity index (χ0) is 12.3. The number of nitrogens with one attached hydrogen (secondary N) is 1. The van der Waals surface area contributed by atoms with Crippen molar-refractivity contribution in [2.24, 2.45) is 5.73 Å². The van der Waals surface area contributed by atoms with Gasteiger partial charge in [-0.25, -0.2) is 0 Å². The van der Waals surface area contributed by atoms with Crippen LogP contribution in [0.1, 0.15) is 17.7 Å². The molecule has 6 heteroatoms. The molecule has 2 rings (SSSR count). The summed E-state index contributed by atoms with van der Waals surface area (Å²) in [5.74, 6) is -0.0644. The molecule has 2 heterocycles. The Kier molecular flexibility index (Phi) is 4.39. The first-order valence-corrected chi connectivity index (χ1v) is 6.76. The van der Waals surface area contributed by atoms with Crippen LogP contribution >= 0.6 is 22.9 Å². The van der Waals surface area contributed by atoms with Gasteiger partial charge in [0.1, 0.15) is 6.10 Å². The maximum Gasteiger partial charge on any atom is 0.249 e. The molecule has 1 saturated heterocycles. The predicted molar refractivity (Wildman–Crippen MR) is 68.1 cm³/mol. The van der Waals surface area contributed by atoms with Crippen molar-refractivity contribution in [2.45, 2.75) is 31.6 Å². The maximum atomic E-state index is 11.8. The van der Waals surface area contributed by atoms with E-state index in [-0.39, 0.29) is 18.1 Å². The molecule has 4 nitrogen and oxygen atoms in total. The molecule has 17 heavy (non-hydrogen) atoms. The Morgan fingerprint density at radius 3 is 3.00 bits per heavy atom. The minimum atomic E-state index is -0.348. The fraction of sp³-hybridized carbons (Fsp3) is 0.545. The van der Waals surface area contributed by atoms with Crippen LogP contribution in [-0.4, -0.2) is 24.7 Å². The SMILES string of the molecule is NC[C@H]1CC[C@@H](C(=O)NCc2ccc(Cl)s2)O1. The zero-order valence-electron chi connectivity index (χ0n) is 9.32. The average Bonchev–Trinajstić information content (AvgIpc) is 2.94. The van der Waals surface area contributed by atoms with Crippen molar-refractivity contribution in [1.82, 2.24) is 5.32 Å². The van der Waals surface area contributed by atoms with Crippen LogP contribution in [0.4, 0.5) is 0 Å². The van der Waals surface area contributed by atoms with Crippen molar-refractivity contribution in [1.29, 1.82) is 0 Å². The largest absolute Gasteiger partial charge is 0.364 e. The van der Waals surface area contributed by atoms with Crippen molar-refractivity contribution in [3.8, 4) is 0 Å². The van der Waals surface area contributed by atoms with Crippen molar-refractivity contribution in [3.63, 3.8) is 0 Å². The molecule has 0 radical (unpaired) electrons. The van der Waals surface area contributed by atoms with Gasteiger partial charge in [0.05, 0.1) is 17.0 Å². The second-order valence-electron chi connectivity index (χ2n) is 3.98.